The van der Waals surface area contributed by atoms with Crippen molar-refractivity contribution in [1.82, 2.24) is 0 Å². The molecule has 2 bridgehead atoms. The lowest BCUT2D eigenvalue weighted by atomic mass is 9.68. The number of allylic oxidation sites excluding steroid dienone is 2. The predicted octanol–water partition coefficient (Wildman–Crippen LogP) is 3.01. The molecule has 1 saturated carbocycles. The van der Waals surface area contributed by atoms with Crippen molar-refractivity contribution >= 4 is 0 Å². The Balaban J connectivity index is 2.14. The van der Waals surface area contributed by atoms with Crippen LogP contribution in [0.2, 0.25) is 0 Å². The van der Waals surface area contributed by atoms with Crippen molar-refractivity contribution in [2.24, 2.45) is 17.3 Å². The molecule has 2 aliphatic rings. The highest BCUT2D eigenvalue weighted by Crippen LogP contribution is 2.59. The summed E-state index contributed by atoms with van der Waals surface area (Å²) in [7, 11) is 0. The molecule has 0 aromatic heterocycles. The minimum atomic E-state index is -0.860. The van der Waals surface area contributed by atoms with E-state index in [0.717, 1.165) is 12.0 Å². The van der Waals surface area contributed by atoms with E-state index in [9.17, 15) is 10.5 Å². The van der Waals surface area contributed by atoms with Crippen LogP contribution >= 0.6 is 0 Å². The van der Waals surface area contributed by atoms with Crippen molar-refractivity contribution in [1.29, 1.82) is 10.5 Å². The lowest BCUT2D eigenvalue weighted by Gasteiger charge is -2.30. The van der Waals surface area contributed by atoms with E-state index < -0.39 is 5.41 Å². The molecule has 3 atom stereocenters. The third-order valence-corrected chi connectivity index (χ3v) is 4.15. The molecule has 1 fully saturated rings. The molecule has 3 unspecified atom stereocenters. The summed E-state index contributed by atoms with van der Waals surface area (Å²) in [5.41, 5.74) is 0.258. The van der Waals surface area contributed by atoms with Crippen LogP contribution in [-0.4, -0.2) is 0 Å². The van der Waals surface area contributed by atoms with Crippen LogP contribution in [0.3, 0.4) is 0 Å². The SMILES string of the molecule is N#CC1(C#N)C2C=CC(C2)C1c1ccccc1. The minimum absolute atomic E-state index is 0.0358. The maximum atomic E-state index is 9.46. The molecule has 1 aromatic carbocycles. The summed E-state index contributed by atoms with van der Waals surface area (Å²) < 4.78 is 0. The van der Waals surface area contributed by atoms with E-state index in [4.69, 9.17) is 0 Å². The van der Waals surface area contributed by atoms with Gasteiger partial charge in [0.1, 0.15) is 0 Å². The van der Waals surface area contributed by atoms with Gasteiger partial charge in [-0.1, -0.05) is 42.5 Å². The second kappa shape index (κ2) is 3.47. The van der Waals surface area contributed by atoms with Gasteiger partial charge < -0.3 is 0 Å². The Hall–Kier alpha value is -2.06. The highest BCUT2D eigenvalue weighted by molar-refractivity contribution is 5.41. The van der Waals surface area contributed by atoms with Crippen LogP contribution in [0.25, 0.3) is 0 Å². The highest BCUT2D eigenvalue weighted by atomic mass is 14.6. The molecule has 0 saturated heterocycles. The van der Waals surface area contributed by atoms with Gasteiger partial charge in [-0.15, -0.1) is 0 Å². The maximum absolute atomic E-state index is 9.46. The molecule has 0 amide bonds. The van der Waals surface area contributed by atoms with Crippen LogP contribution in [0.5, 0.6) is 0 Å². The van der Waals surface area contributed by atoms with Gasteiger partial charge in [0, 0.05) is 11.8 Å². The molecule has 82 valence electrons. The van der Waals surface area contributed by atoms with Gasteiger partial charge in [-0.25, -0.2) is 0 Å². The fourth-order valence-corrected chi connectivity index (χ4v) is 3.38. The van der Waals surface area contributed by atoms with Crippen LogP contribution in [0, 0.1) is 39.9 Å². The van der Waals surface area contributed by atoms with Crippen LogP contribution < -0.4 is 0 Å². The summed E-state index contributed by atoms with van der Waals surface area (Å²) in [6.45, 7) is 0. The molecule has 0 radical (unpaired) electrons. The number of hydrogen-bond donors (Lipinski definition) is 0. The third kappa shape index (κ3) is 1.19. The number of nitrogens with zero attached hydrogens (tertiary/aromatic N) is 2. The van der Waals surface area contributed by atoms with E-state index in [0.29, 0.717) is 5.92 Å². The standard InChI is InChI=1S/C15H12N2/c16-9-15(10-17)13-7-6-12(8-13)14(15)11-4-2-1-3-5-11/h1-7,12-14H,8H2. The average molecular weight is 220 g/mol. The largest absolute Gasteiger partial charge is 0.197 e. The van der Waals surface area contributed by atoms with E-state index in [1.54, 1.807) is 0 Å². The maximum Gasteiger partial charge on any atom is 0.157 e. The van der Waals surface area contributed by atoms with Gasteiger partial charge in [0.05, 0.1) is 12.1 Å². The zero-order valence-corrected chi connectivity index (χ0v) is 9.38. The topological polar surface area (TPSA) is 47.6 Å². The summed E-state index contributed by atoms with van der Waals surface area (Å²) >= 11 is 0. The molecule has 17 heavy (non-hydrogen) atoms. The van der Waals surface area contributed by atoms with Crippen LogP contribution in [0.4, 0.5) is 0 Å². The first kappa shape index (κ1) is 10.1. The van der Waals surface area contributed by atoms with Gasteiger partial charge in [0.25, 0.3) is 0 Å². The molecule has 0 heterocycles. The monoisotopic (exact) mass is 220 g/mol. The van der Waals surface area contributed by atoms with Crippen molar-refractivity contribution in [3.8, 4) is 12.1 Å². The van der Waals surface area contributed by atoms with Crippen LogP contribution in [-0.2, 0) is 0 Å². The van der Waals surface area contributed by atoms with E-state index >= 15 is 0 Å². The Morgan fingerprint density at radius 2 is 1.76 bits per heavy atom. The zero-order chi connectivity index (χ0) is 11.9. The summed E-state index contributed by atoms with van der Waals surface area (Å²) in [4.78, 5) is 0. The molecule has 3 rings (SSSR count). The number of benzene rings is 1. The first-order chi connectivity index (χ1) is 8.31. The van der Waals surface area contributed by atoms with Gasteiger partial charge in [0.15, 0.2) is 5.41 Å². The molecule has 2 nitrogen and oxygen atoms in total. The van der Waals surface area contributed by atoms with Crippen molar-refractivity contribution in [2.45, 2.75) is 12.3 Å². The first-order valence-electron chi connectivity index (χ1n) is 5.87. The molecule has 0 N–H and O–H groups in total. The molecule has 1 aromatic rings. The zero-order valence-electron chi connectivity index (χ0n) is 9.38. The van der Waals surface area contributed by atoms with Gasteiger partial charge in [-0.2, -0.15) is 10.5 Å². The quantitative estimate of drug-likeness (QED) is 0.683. The summed E-state index contributed by atoms with van der Waals surface area (Å²) in [6.07, 6.45) is 5.17. The second-order valence-electron chi connectivity index (χ2n) is 4.87. The van der Waals surface area contributed by atoms with Crippen molar-refractivity contribution in [3.05, 3.63) is 48.0 Å². The lowest BCUT2D eigenvalue weighted by Crippen LogP contribution is -2.30. The van der Waals surface area contributed by atoms with Gasteiger partial charge in [-0.3, -0.25) is 0 Å². The number of fused-ring (bicyclic) bond motifs is 2. The lowest BCUT2D eigenvalue weighted by molar-refractivity contribution is 0.379. The van der Waals surface area contributed by atoms with E-state index in [-0.39, 0.29) is 11.8 Å². The molecule has 2 aliphatic carbocycles. The van der Waals surface area contributed by atoms with Crippen molar-refractivity contribution in [3.63, 3.8) is 0 Å². The average Bonchev–Trinajstić information content (AvgIpc) is 2.98. The third-order valence-electron chi connectivity index (χ3n) is 4.15. The number of hydrogen-bond acceptors (Lipinski definition) is 2. The Bertz CT molecular complexity index is 531. The van der Waals surface area contributed by atoms with Crippen LogP contribution in [0.1, 0.15) is 17.9 Å². The van der Waals surface area contributed by atoms with Gasteiger partial charge in [-0.05, 0) is 17.9 Å². The van der Waals surface area contributed by atoms with E-state index in [2.05, 4.69) is 24.3 Å². The second-order valence-corrected chi connectivity index (χ2v) is 4.87. The highest BCUT2D eigenvalue weighted by Gasteiger charge is 2.57. The summed E-state index contributed by atoms with van der Waals surface area (Å²) in [5.74, 6) is 0.489. The van der Waals surface area contributed by atoms with Crippen molar-refractivity contribution < 1.29 is 0 Å². The minimum Gasteiger partial charge on any atom is -0.197 e. The smallest absolute Gasteiger partial charge is 0.157 e. The predicted molar refractivity (Wildman–Crippen MR) is 63.6 cm³/mol. The summed E-state index contributed by atoms with van der Waals surface area (Å²) in [5, 5.41) is 18.9. The fourth-order valence-electron chi connectivity index (χ4n) is 3.38. The molecular formula is C15H12N2. The Kier molecular flexibility index (Phi) is 2.06. The van der Waals surface area contributed by atoms with Gasteiger partial charge >= 0.3 is 0 Å². The van der Waals surface area contributed by atoms with Crippen LogP contribution in [0.15, 0.2) is 42.5 Å². The molecule has 0 spiro atoms. The van der Waals surface area contributed by atoms with E-state index in [1.165, 1.54) is 0 Å². The number of rotatable bonds is 1. The first-order valence-corrected chi connectivity index (χ1v) is 5.87. The Morgan fingerprint density at radius 3 is 2.41 bits per heavy atom. The normalized spacial score (nSPS) is 32.0. The number of nitriles is 2. The fraction of sp³-hybridized carbons (Fsp3) is 0.333. The molecule has 0 aliphatic heterocycles. The molecule has 2 heteroatoms. The Morgan fingerprint density at radius 1 is 1.06 bits per heavy atom. The summed E-state index contributed by atoms with van der Waals surface area (Å²) in [6, 6.07) is 14.6. The molecular weight excluding hydrogens is 208 g/mol. The van der Waals surface area contributed by atoms with Crippen molar-refractivity contribution in [2.75, 3.05) is 0 Å². The van der Waals surface area contributed by atoms with E-state index in [1.807, 2.05) is 30.3 Å². The Labute approximate surface area is 101 Å². The van der Waals surface area contributed by atoms with Gasteiger partial charge in [0.2, 0.25) is 0 Å².